The Morgan fingerprint density at radius 1 is 0.865 bits per heavy atom. The van der Waals surface area contributed by atoms with Crippen molar-refractivity contribution in [2.45, 2.75) is 169 Å². The minimum atomic E-state index is -1.66. The number of nitrogens with one attached hydrogen (secondary N) is 1. The van der Waals surface area contributed by atoms with Crippen molar-refractivity contribution in [3.8, 4) is 46.7 Å². The monoisotopic (exact) mass is 1000 g/mol. The first kappa shape index (κ1) is 48.8. The minimum Gasteiger partial charge on any atom is -0.504 e. The van der Waals surface area contributed by atoms with E-state index in [1.165, 1.54) is 18.7 Å². The van der Waals surface area contributed by atoms with Gasteiger partial charge >= 0.3 is 0 Å². The molecule has 5 saturated carbocycles. The Bertz CT molecular complexity index is 2950. The quantitative estimate of drug-likeness (QED) is 0.0617. The number of ether oxygens (including phenoxy) is 1. The molecule has 1 aliphatic heterocycles. The number of phenols is 3. The normalized spacial score (nSPS) is 42.0. The fourth-order valence-electron chi connectivity index (χ4n) is 20.1. The number of piperidine rings is 1. The molecule has 1 saturated heterocycles. The van der Waals surface area contributed by atoms with Crippen LogP contribution in [0.15, 0.2) is 66.2 Å². The van der Waals surface area contributed by atoms with Crippen molar-refractivity contribution in [3.05, 3.63) is 94.1 Å². The first-order valence-electron chi connectivity index (χ1n) is 28.4. The minimum absolute atomic E-state index is 0.0131. The number of ketones is 1. The molecule has 0 radical (unpaired) electrons. The van der Waals surface area contributed by atoms with Crippen LogP contribution in [-0.2, 0) is 23.2 Å². The number of allylic oxidation sites excluding steroid dienone is 2. The van der Waals surface area contributed by atoms with Crippen LogP contribution in [0.25, 0.3) is 0 Å². The van der Waals surface area contributed by atoms with Crippen LogP contribution in [0.2, 0.25) is 0 Å². The molecule has 15 atom stereocenters. The third kappa shape index (κ3) is 6.48. The lowest BCUT2D eigenvalue weighted by atomic mass is 9.21. The summed E-state index contributed by atoms with van der Waals surface area (Å²) in [6, 6.07) is 17.2. The molecule has 0 aromatic heterocycles. The molecule has 13 rings (SSSR count). The van der Waals surface area contributed by atoms with Gasteiger partial charge in [-0.25, -0.2) is 0 Å². The summed E-state index contributed by atoms with van der Waals surface area (Å²) in [5.41, 5.74) is 0.125. The number of carbonyl (C=O) groups is 1. The number of hydrogen-bond acceptors (Lipinski definition) is 10. The van der Waals surface area contributed by atoms with E-state index in [0.29, 0.717) is 62.1 Å². The highest BCUT2D eigenvalue weighted by Gasteiger charge is 2.87. The molecule has 6 bridgehead atoms. The summed E-state index contributed by atoms with van der Waals surface area (Å²) in [5.74, 6) is 13.6. The van der Waals surface area contributed by atoms with Crippen molar-refractivity contribution >= 4 is 5.78 Å². The van der Waals surface area contributed by atoms with Crippen molar-refractivity contribution in [1.29, 1.82) is 0 Å². The van der Waals surface area contributed by atoms with Gasteiger partial charge in [-0.15, -0.1) is 5.92 Å². The Labute approximate surface area is 436 Å². The first-order valence-corrected chi connectivity index (χ1v) is 28.4. The SMILES string of the molecule is COc1cc(C2CC(=O)CC3(O)C(CCCO)CC45CCC67CC89CCCC8C=C6CCC6(O)CCCCC6CC#CC76CC9c7cc(O)c(O)cc7C46C3C(C#CC2Cc2ccccc2)CN5)c(CO)cc1O. The van der Waals surface area contributed by atoms with E-state index in [0.717, 1.165) is 93.7 Å². The number of rotatable bonds is 8. The lowest BCUT2D eigenvalue weighted by Gasteiger charge is -2.83. The highest BCUT2D eigenvalue weighted by atomic mass is 16.5. The topological polar surface area (TPSA) is 180 Å². The van der Waals surface area contributed by atoms with Gasteiger partial charge < -0.3 is 45.8 Å². The average molecular weight is 1000 g/mol. The van der Waals surface area contributed by atoms with Gasteiger partial charge in [0.25, 0.3) is 0 Å². The molecule has 10 aliphatic rings. The molecule has 3 aromatic rings. The largest absolute Gasteiger partial charge is 0.504 e. The summed E-state index contributed by atoms with van der Waals surface area (Å²) < 4.78 is 5.66. The zero-order chi connectivity index (χ0) is 51.0. The number of Topliss-reactive ketones (excluding diaryl/α,β-unsaturated/α-hetero) is 1. The Morgan fingerprint density at radius 2 is 1.70 bits per heavy atom. The summed E-state index contributed by atoms with van der Waals surface area (Å²) in [5, 5.41) is 88.3. The number of methoxy groups -OCH3 is 1. The predicted molar refractivity (Wildman–Crippen MR) is 280 cm³/mol. The Hall–Kier alpha value is -4.81. The Balaban J connectivity index is 1.11. The fourth-order valence-corrected chi connectivity index (χ4v) is 20.1. The van der Waals surface area contributed by atoms with Crippen LogP contribution >= 0.6 is 0 Å². The molecule has 6 fully saturated rings. The van der Waals surface area contributed by atoms with Gasteiger partial charge in [0.1, 0.15) is 5.78 Å². The van der Waals surface area contributed by atoms with Gasteiger partial charge in [0, 0.05) is 72.5 Å². The molecule has 0 amide bonds. The smallest absolute Gasteiger partial charge is 0.160 e. The van der Waals surface area contributed by atoms with Crippen molar-refractivity contribution in [2.75, 3.05) is 20.3 Å². The van der Waals surface area contributed by atoms with E-state index < -0.39 is 62.6 Å². The number of aliphatic hydroxyl groups excluding tert-OH is 2. The van der Waals surface area contributed by atoms with Crippen LogP contribution in [0.1, 0.15) is 162 Å². The number of benzene rings is 3. The lowest BCUT2D eigenvalue weighted by molar-refractivity contribution is -0.275. The molecule has 390 valence electrons. The standard InChI is InChI=1S/C64H75NO9/c1-74-56-31-49(42(37-67)27-55(56)71)48-29-47(68)34-63(73)46(15-9-25-66)33-62-24-23-59-38-58-19-7-14-44(58)28-45(59)18-22-60(72)20-6-5-12-43(60)13-8-21-61(59)35-52(58)50-30-53(69)54(70)32-51(50)64(61,62)57(63)41(36-65-62)17-16-40(48)26-39-10-3-2-4-11-39/h2-4,10-11,27-28,30-32,40-41,43-44,46,48,52,57,65-67,69-73H,5-7,9,12-15,18-20,22-26,29,33-38H2,1H3. The Kier molecular flexibility index (Phi) is 11.4. The van der Waals surface area contributed by atoms with E-state index in [9.17, 15) is 35.7 Å². The number of fused-ring (bicyclic) bond motifs is 4. The fraction of sp³-hybridized carbons (Fsp3) is 0.609. The van der Waals surface area contributed by atoms with Gasteiger partial charge in [-0.3, -0.25) is 4.79 Å². The number of phenolic OH excluding ortho intramolecular Hbond substituents is 3. The molecular weight excluding hydrogens is 927 g/mol. The van der Waals surface area contributed by atoms with Gasteiger partial charge in [-0.1, -0.05) is 79.0 Å². The van der Waals surface area contributed by atoms with E-state index in [1.54, 1.807) is 6.07 Å². The zero-order valence-corrected chi connectivity index (χ0v) is 43.1. The van der Waals surface area contributed by atoms with Crippen molar-refractivity contribution in [3.63, 3.8) is 0 Å². The van der Waals surface area contributed by atoms with E-state index in [-0.39, 0.29) is 72.1 Å². The molecule has 4 spiro atoms. The van der Waals surface area contributed by atoms with Gasteiger partial charge in [0.2, 0.25) is 0 Å². The van der Waals surface area contributed by atoms with E-state index >= 15 is 4.79 Å². The molecule has 10 nitrogen and oxygen atoms in total. The lowest BCUT2D eigenvalue weighted by Crippen LogP contribution is -2.88. The van der Waals surface area contributed by atoms with E-state index in [2.05, 4.69) is 47.2 Å². The summed E-state index contributed by atoms with van der Waals surface area (Å²) in [6.45, 7) is 0.0298. The second-order valence-corrected chi connectivity index (χ2v) is 25.4. The molecule has 74 heavy (non-hydrogen) atoms. The molecule has 3 aromatic carbocycles. The molecule has 9 aliphatic carbocycles. The van der Waals surface area contributed by atoms with Crippen LogP contribution in [0.3, 0.4) is 0 Å². The number of aromatic hydroxyl groups is 3. The predicted octanol–water partition coefficient (Wildman–Crippen LogP) is 9.14. The van der Waals surface area contributed by atoms with Crippen molar-refractivity contribution < 1.29 is 45.3 Å². The number of carbonyl (C=O) groups excluding carboxylic acids is 1. The maximum absolute atomic E-state index is 15.9. The molecule has 10 heteroatoms. The highest BCUT2D eigenvalue weighted by molar-refractivity contribution is 5.81. The molecule has 1 heterocycles. The van der Waals surface area contributed by atoms with Crippen LogP contribution < -0.4 is 10.1 Å². The number of hydrogen-bond donors (Lipinski definition) is 8. The van der Waals surface area contributed by atoms with Gasteiger partial charge in [-0.05, 0) is 171 Å². The van der Waals surface area contributed by atoms with E-state index in [1.807, 2.05) is 30.3 Å². The average Bonchev–Trinajstić information content (AvgIpc) is 3.80. The van der Waals surface area contributed by atoms with Crippen molar-refractivity contribution in [1.82, 2.24) is 5.32 Å². The maximum Gasteiger partial charge on any atom is 0.160 e. The van der Waals surface area contributed by atoms with Gasteiger partial charge in [0.05, 0.1) is 30.3 Å². The molecule has 8 N–H and O–H groups in total. The van der Waals surface area contributed by atoms with Crippen LogP contribution in [0.4, 0.5) is 0 Å². The molecule has 15 unspecified atom stereocenters. The molecular formula is C64H75NO9. The third-order valence-corrected chi connectivity index (χ3v) is 22.8. The van der Waals surface area contributed by atoms with Gasteiger partial charge in [0.15, 0.2) is 23.0 Å². The van der Waals surface area contributed by atoms with Crippen LogP contribution in [0.5, 0.6) is 23.0 Å². The van der Waals surface area contributed by atoms with Gasteiger partial charge in [-0.2, -0.15) is 0 Å². The Morgan fingerprint density at radius 3 is 2.51 bits per heavy atom. The third-order valence-electron chi connectivity index (χ3n) is 22.8. The summed E-state index contributed by atoms with van der Waals surface area (Å²) in [4.78, 5) is 15.9. The van der Waals surface area contributed by atoms with Crippen LogP contribution in [-0.4, -0.2) is 78.5 Å². The zero-order valence-electron chi connectivity index (χ0n) is 43.1. The number of aliphatic hydroxyl groups is 4. The van der Waals surface area contributed by atoms with Crippen molar-refractivity contribution in [2.24, 2.45) is 51.8 Å². The summed E-state index contributed by atoms with van der Waals surface area (Å²) in [7, 11) is 1.49. The van der Waals surface area contributed by atoms with E-state index in [4.69, 9.17) is 4.74 Å². The maximum atomic E-state index is 15.9. The second-order valence-electron chi connectivity index (χ2n) is 25.4. The first-order chi connectivity index (χ1) is 35.7. The second kappa shape index (κ2) is 17.4. The van der Waals surface area contributed by atoms with Crippen LogP contribution in [0, 0.1) is 75.4 Å². The highest BCUT2D eigenvalue weighted by Crippen LogP contribution is 2.87. The summed E-state index contributed by atoms with van der Waals surface area (Å²) >= 11 is 0. The summed E-state index contributed by atoms with van der Waals surface area (Å²) in [6.07, 6.45) is 17.0.